The van der Waals surface area contributed by atoms with Crippen LogP contribution >= 0.6 is 11.3 Å². The molecule has 0 aliphatic carbocycles. The normalized spacial score (nSPS) is 15.9. The topological polar surface area (TPSA) is 27.8 Å². The third kappa shape index (κ3) is 2.47. The number of fused-ring (bicyclic) bond motifs is 3. The van der Waals surface area contributed by atoms with Gasteiger partial charge in [-0.3, -0.25) is 0 Å². The molecular formula is C24H18N2S. The Hall–Kier alpha value is -3.04. The van der Waals surface area contributed by atoms with Crippen molar-refractivity contribution in [3.05, 3.63) is 90.1 Å². The number of aromatic nitrogens is 1. The summed E-state index contributed by atoms with van der Waals surface area (Å²) in [4.78, 5) is 4.59. The minimum Gasteiger partial charge on any atom is -0.378 e. The summed E-state index contributed by atoms with van der Waals surface area (Å²) in [5.41, 5.74) is 6.53. The second-order valence-corrected chi connectivity index (χ2v) is 8.33. The molecule has 0 radical (unpaired) electrons. The number of para-hydroxylation sites is 1. The summed E-state index contributed by atoms with van der Waals surface area (Å²) in [6, 6.07) is 27.0. The lowest BCUT2D eigenvalue weighted by atomic mass is 10.0. The Morgan fingerprint density at radius 3 is 2.78 bits per heavy atom. The van der Waals surface area contributed by atoms with Crippen LogP contribution in [-0.4, -0.2) is 4.98 Å². The van der Waals surface area contributed by atoms with Gasteiger partial charge in [0.05, 0.1) is 6.04 Å². The van der Waals surface area contributed by atoms with Crippen LogP contribution in [0.4, 0.5) is 5.69 Å². The van der Waals surface area contributed by atoms with Crippen LogP contribution in [0.1, 0.15) is 17.2 Å². The van der Waals surface area contributed by atoms with Gasteiger partial charge in [-0.1, -0.05) is 36.4 Å². The van der Waals surface area contributed by atoms with Gasteiger partial charge in [-0.25, -0.2) is 0 Å². The van der Waals surface area contributed by atoms with E-state index in [-0.39, 0.29) is 0 Å². The van der Waals surface area contributed by atoms with Crippen LogP contribution in [-0.2, 0) is 6.42 Å². The van der Waals surface area contributed by atoms with Gasteiger partial charge in [0.25, 0.3) is 0 Å². The van der Waals surface area contributed by atoms with Crippen molar-refractivity contribution in [2.75, 3.05) is 5.32 Å². The molecule has 3 heteroatoms. The van der Waals surface area contributed by atoms with Gasteiger partial charge in [-0.2, -0.15) is 0 Å². The van der Waals surface area contributed by atoms with Crippen LogP contribution in [0.2, 0.25) is 0 Å². The molecule has 0 bridgehead atoms. The van der Waals surface area contributed by atoms with Crippen LogP contribution in [0.3, 0.4) is 0 Å². The van der Waals surface area contributed by atoms with E-state index >= 15 is 0 Å². The molecule has 0 fully saturated rings. The average molecular weight is 366 g/mol. The number of hydrogen-bond acceptors (Lipinski definition) is 2. The van der Waals surface area contributed by atoms with E-state index in [1.54, 1.807) is 0 Å². The van der Waals surface area contributed by atoms with E-state index in [4.69, 9.17) is 0 Å². The van der Waals surface area contributed by atoms with E-state index in [1.165, 1.54) is 48.2 Å². The van der Waals surface area contributed by atoms with Gasteiger partial charge in [-0.05, 0) is 70.3 Å². The summed E-state index contributed by atoms with van der Waals surface area (Å²) < 4.78 is 1.36. The second-order valence-electron chi connectivity index (χ2n) is 7.25. The summed E-state index contributed by atoms with van der Waals surface area (Å²) in [6.07, 6.45) is 3.06. The largest absolute Gasteiger partial charge is 0.378 e. The van der Waals surface area contributed by atoms with E-state index in [1.807, 2.05) is 17.5 Å². The SMILES string of the molecule is c1ccc2c(c1)CC(c1ccc3cc(-c4ccc5[nH]ccc5c4)sc3c1)N2. The molecule has 1 unspecified atom stereocenters. The molecule has 0 saturated carbocycles. The zero-order valence-corrected chi connectivity index (χ0v) is 15.5. The Kier molecular flexibility index (Phi) is 3.20. The Labute approximate surface area is 161 Å². The molecule has 3 heterocycles. The summed E-state index contributed by atoms with van der Waals surface area (Å²) in [5.74, 6) is 0. The fourth-order valence-corrected chi connectivity index (χ4v) is 5.22. The number of nitrogens with one attached hydrogen (secondary N) is 2. The zero-order chi connectivity index (χ0) is 17.8. The van der Waals surface area contributed by atoms with E-state index in [0.717, 1.165) is 6.42 Å². The molecule has 0 amide bonds. The summed E-state index contributed by atoms with van der Waals surface area (Å²) in [6.45, 7) is 0. The minimum atomic E-state index is 0.369. The Morgan fingerprint density at radius 1 is 0.852 bits per heavy atom. The highest BCUT2D eigenvalue weighted by molar-refractivity contribution is 7.22. The Balaban J connectivity index is 1.37. The van der Waals surface area contributed by atoms with Crippen LogP contribution < -0.4 is 5.32 Å². The van der Waals surface area contributed by atoms with Gasteiger partial charge in [-0.15, -0.1) is 11.3 Å². The second kappa shape index (κ2) is 5.73. The fourth-order valence-electron chi connectivity index (χ4n) is 4.11. The maximum Gasteiger partial charge on any atom is 0.0555 e. The number of benzene rings is 3. The van der Waals surface area contributed by atoms with Gasteiger partial charge < -0.3 is 10.3 Å². The van der Waals surface area contributed by atoms with Crippen LogP contribution in [0.25, 0.3) is 31.4 Å². The van der Waals surface area contributed by atoms with E-state index < -0.39 is 0 Å². The first kappa shape index (κ1) is 15.1. The number of hydrogen-bond donors (Lipinski definition) is 2. The molecule has 130 valence electrons. The Morgan fingerprint density at radius 2 is 1.81 bits per heavy atom. The van der Waals surface area contributed by atoms with Gasteiger partial charge in [0.15, 0.2) is 0 Å². The molecule has 2 aromatic heterocycles. The molecule has 2 nitrogen and oxygen atoms in total. The molecule has 2 N–H and O–H groups in total. The van der Waals surface area contributed by atoms with E-state index in [2.05, 4.69) is 83.1 Å². The molecule has 1 atom stereocenters. The number of aromatic amines is 1. The minimum absolute atomic E-state index is 0.369. The van der Waals surface area contributed by atoms with Crippen molar-refractivity contribution in [3.8, 4) is 10.4 Å². The standard InChI is InChI=1S/C24H18N2S/c1-2-4-21-15(3-1)12-22(26-21)16-5-6-19-14-24(27-23(19)13-16)18-7-8-20-17(11-18)9-10-25-20/h1-11,13-14,22,25-26H,12H2. The molecule has 1 aliphatic rings. The van der Waals surface area contributed by atoms with Gasteiger partial charge in [0.1, 0.15) is 0 Å². The van der Waals surface area contributed by atoms with Crippen molar-refractivity contribution in [1.29, 1.82) is 0 Å². The van der Waals surface area contributed by atoms with E-state index in [9.17, 15) is 0 Å². The molecule has 27 heavy (non-hydrogen) atoms. The third-order valence-corrected chi connectivity index (χ3v) is 6.70. The van der Waals surface area contributed by atoms with Crippen LogP contribution in [0, 0.1) is 0 Å². The van der Waals surface area contributed by atoms with Gasteiger partial charge in [0.2, 0.25) is 0 Å². The first-order valence-electron chi connectivity index (χ1n) is 9.29. The predicted octanol–water partition coefficient (Wildman–Crippen LogP) is 6.76. The van der Waals surface area contributed by atoms with Gasteiger partial charge in [0, 0.05) is 27.0 Å². The molecule has 1 aliphatic heterocycles. The van der Waals surface area contributed by atoms with Crippen molar-refractivity contribution >= 4 is 38.0 Å². The molecule has 5 aromatic rings. The summed E-state index contributed by atoms with van der Waals surface area (Å²) >= 11 is 1.88. The highest BCUT2D eigenvalue weighted by Gasteiger charge is 2.21. The number of H-pyrrole nitrogens is 1. The van der Waals surface area contributed by atoms with E-state index in [0.29, 0.717) is 6.04 Å². The van der Waals surface area contributed by atoms with Crippen molar-refractivity contribution < 1.29 is 0 Å². The highest BCUT2D eigenvalue weighted by Crippen LogP contribution is 2.39. The first-order chi connectivity index (χ1) is 13.3. The lowest BCUT2D eigenvalue weighted by Gasteiger charge is -2.11. The van der Waals surface area contributed by atoms with Crippen LogP contribution in [0.15, 0.2) is 79.0 Å². The van der Waals surface area contributed by atoms with Crippen molar-refractivity contribution in [3.63, 3.8) is 0 Å². The maximum atomic E-state index is 3.67. The van der Waals surface area contributed by atoms with Crippen molar-refractivity contribution in [2.45, 2.75) is 12.5 Å². The Bertz CT molecular complexity index is 1270. The zero-order valence-electron chi connectivity index (χ0n) is 14.7. The molecule has 0 spiro atoms. The first-order valence-corrected chi connectivity index (χ1v) is 10.1. The van der Waals surface area contributed by atoms with Crippen molar-refractivity contribution in [1.82, 2.24) is 4.98 Å². The smallest absolute Gasteiger partial charge is 0.0555 e. The molecule has 0 saturated heterocycles. The highest BCUT2D eigenvalue weighted by atomic mass is 32.1. The number of anilines is 1. The lowest BCUT2D eigenvalue weighted by Crippen LogP contribution is -2.05. The lowest BCUT2D eigenvalue weighted by molar-refractivity contribution is 0.826. The summed E-state index contributed by atoms with van der Waals surface area (Å²) in [5, 5.41) is 6.26. The monoisotopic (exact) mass is 366 g/mol. The summed E-state index contributed by atoms with van der Waals surface area (Å²) in [7, 11) is 0. The number of rotatable bonds is 2. The average Bonchev–Trinajstić information content (AvgIpc) is 3.42. The quantitative estimate of drug-likeness (QED) is 0.355. The third-order valence-electron chi connectivity index (χ3n) is 5.56. The predicted molar refractivity (Wildman–Crippen MR) is 116 cm³/mol. The van der Waals surface area contributed by atoms with Gasteiger partial charge >= 0.3 is 0 Å². The van der Waals surface area contributed by atoms with Crippen molar-refractivity contribution in [2.24, 2.45) is 0 Å². The molecular weight excluding hydrogens is 348 g/mol. The molecule has 3 aromatic carbocycles. The number of thiophene rings is 1. The van der Waals surface area contributed by atoms with Crippen LogP contribution in [0.5, 0.6) is 0 Å². The fraction of sp³-hybridized carbons (Fsp3) is 0.0833. The maximum absolute atomic E-state index is 3.67. The molecule has 6 rings (SSSR count).